The van der Waals surface area contributed by atoms with Crippen LogP contribution in [-0.4, -0.2) is 11.7 Å². The van der Waals surface area contributed by atoms with E-state index in [1.807, 2.05) is 11.1 Å². The van der Waals surface area contributed by atoms with Gasteiger partial charge in [-0.1, -0.05) is 64.2 Å². The molecule has 6 rings (SSSR count). The maximum absolute atomic E-state index is 7.22. The fourth-order valence-electron chi connectivity index (χ4n) is 10.2. The van der Waals surface area contributed by atoms with Gasteiger partial charge in [0.2, 0.25) is 0 Å². The Kier molecular flexibility index (Phi) is 5.30. The maximum Gasteiger partial charge on any atom is 0.0924 e. The van der Waals surface area contributed by atoms with Crippen molar-refractivity contribution in [3.8, 4) is 0 Å². The molecule has 0 radical (unpaired) electrons. The van der Waals surface area contributed by atoms with Crippen LogP contribution < -0.4 is 0 Å². The number of rotatable bonds is 1. The van der Waals surface area contributed by atoms with Gasteiger partial charge in [-0.05, 0) is 117 Å². The van der Waals surface area contributed by atoms with Gasteiger partial charge in [-0.25, -0.2) is 0 Å². The number of hydrogen-bond donors (Lipinski definition) is 0. The molecule has 3 saturated carbocycles. The van der Waals surface area contributed by atoms with Gasteiger partial charge in [-0.2, -0.15) is 0 Å². The van der Waals surface area contributed by atoms with Gasteiger partial charge in [0.25, 0.3) is 0 Å². The lowest BCUT2D eigenvalue weighted by Gasteiger charge is -2.49. The van der Waals surface area contributed by atoms with Crippen molar-refractivity contribution in [3.05, 3.63) is 22.8 Å². The Labute approximate surface area is 197 Å². The number of hydrogen-bond acceptors (Lipinski definition) is 1. The van der Waals surface area contributed by atoms with Crippen molar-refractivity contribution in [2.75, 3.05) is 0 Å². The van der Waals surface area contributed by atoms with Crippen molar-refractivity contribution in [1.82, 2.24) is 0 Å². The van der Waals surface area contributed by atoms with E-state index in [-0.39, 0.29) is 5.60 Å². The zero-order valence-electron chi connectivity index (χ0n) is 21.6. The maximum atomic E-state index is 7.22. The first kappa shape index (κ1) is 21.9. The summed E-state index contributed by atoms with van der Waals surface area (Å²) >= 11 is 0. The van der Waals surface area contributed by atoms with Crippen molar-refractivity contribution in [1.29, 1.82) is 0 Å². The quantitative estimate of drug-likeness (QED) is 0.374. The number of fused-ring (bicyclic) bond motifs is 6. The zero-order chi connectivity index (χ0) is 22.3. The summed E-state index contributed by atoms with van der Waals surface area (Å²) in [5.74, 6) is 5.95. The summed E-state index contributed by atoms with van der Waals surface area (Å²) in [6.45, 7) is 12.6. The van der Waals surface area contributed by atoms with Crippen molar-refractivity contribution < 1.29 is 4.74 Å². The molecule has 32 heavy (non-hydrogen) atoms. The molecular formula is C31H48O. The highest BCUT2D eigenvalue weighted by molar-refractivity contribution is 5.38. The molecule has 5 aliphatic carbocycles. The molecule has 6 aliphatic rings. The van der Waals surface area contributed by atoms with Gasteiger partial charge in [0.1, 0.15) is 0 Å². The summed E-state index contributed by atoms with van der Waals surface area (Å²) in [7, 11) is 0. The number of ether oxygens (including phenoxy) is 1. The summed E-state index contributed by atoms with van der Waals surface area (Å²) in [6, 6.07) is 0. The van der Waals surface area contributed by atoms with Gasteiger partial charge in [0, 0.05) is 0 Å². The highest BCUT2D eigenvalue weighted by Gasteiger charge is 2.60. The first-order valence-electron chi connectivity index (χ1n) is 14.4. The Bertz CT molecular complexity index is 820. The second kappa shape index (κ2) is 7.73. The van der Waals surface area contributed by atoms with E-state index < -0.39 is 0 Å². The fraction of sp³-hybridized carbons (Fsp3) is 0.871. The third-order valence-corrected chi connectivity index (χ3v) is 12.3. The van der Waals surface area contributed by atoms with Crippen LogP contribution in [0.1, 0.15) is 112 Å². The molecular weight excluding hydrogens is 388 g/mol. The average molecular weight is 437 g/mol. The van der Waals surface area contributed by atoms with Gasteiger partial charge < -0.3 is 4.74 Å². The van der Waals surface area contributed by atoms with E-state index in [0.717, 1.165) is 35.5 Å². The second-order valence-electron chi connectivity index (χ2n) is 13.4. The third-order valence-electron chi connectivity index (χ3n) is 12.3. The lowest BCUT2D eigenvalue weighted by atomic mass is 9.55. The van der Waals surface area contributed by atoms with Crippen LogP contribution in [0.3, 0.4) is 0 Å². The highest BCUT2D eigenvalue weighted by atomic mass is 16.5. The largest absolute Gasteiger partial charge is 0.367 e. The summed E-state index contributed by atoms with van der Waals surface area (Å²) in [5, 5.41) is 0. The minimum absolute atomic E-state index is 0.0722. The highest BCUT2D eigenvalue weighted by Crippen LogP contribution is 2.66. The zero-order valence-corrected chi connectivity index (χ0v) is 21.6. The van der Waals surface area contributed by atoms with E-state index >= 15 is 0 Å². The van der Waals surface area contributed by atoms with Crippen LogP contribution in [0.5, 0.6) is 0 Å². The predicted octanol–water partition coefficient (Wildman–Crippen LogP) is 8.50. The lowest BCUT2D eigenvalue weighted by Crippen LogP contribution is -2.42. The molecule has 9 unspecified atom stereocenters. The van der Waals surface area contributed by atoms with Crippen LogP contribution in [0.2, 0.25) is 0 Å². The van der Waals surface area contributed by atoms with Gasteiger partial charge in [0.15, 0.2) is 0 Å². The Hall–Kier alpha value is -0.560. The molecule has 1 aliphatic heterocycles. The van der Waals surface area contributed by atoms with Crippen molar-refractivity contribution >= 4 is 0 Å². The van der Waals surface area contributed by atoms with Gasteiger partial charge >= 0.3 is 0 Å². The van der Waals surface area contributed by atoms with E-state index in [9.17, 15) is 0 Å². The van der Waals surface area contributed by atoms with Crippen molar-refractivity contribution in [2.24, 2.45) is 46.8 Å². The molecule has 10 atom stereocenters. The van der Waals surface area contributed by atoms with Gasteiger partial charge in [0.05, 0.1) is 11.7 Å². The van der Waals surface area contributed by atoms with E-state index in [2.05, 4.69) is 40.7 Å². The topological polar surface area (TPSA) is 9.23 Å². The van der Waals surface area contributed by atoms with Crippen LogP contribution in [0, 0.1) is 46.8 Å². The Morgan fingerprint density at radius 1 is 1.03 bits per heavy atom. The van der Waals surface area contributed by atoms with E-state index in [0.29, 0.717) is 17.4 Å². The van der Waals surface area contributed by atoms with Crippen LogP contribution in [0.15, 0.2) is 22.8 Å². The fourth-order valence-corrected chi connectivity index (χ4v) is 10.2. The minimum atomic E-state index is 0.0722. The third kappa shape index (κ3) is 2.98. The molecule has 0 aromatic rings. The molecule has 1 nitrogen and oxygen atoms in total. The average Bonchev–Trinajstić information content (AvgIpc) is 3.21. The van der Waals surface area contributed by atoms with Crippen LogP contribution >= 0.6 is 0 Å². The summed E-state index contributed by atoms with van der Waals surface area (Å²) in [4.78, 5) is 0. The summed E-state index contributed by atoms with van der Waals surface area (Å²) in [6.07, 6.45) is 19.9. The lowest BCUT2D eigenvalue weighted by molar-refractivity contribution is -0.0522. The van der Waals surface area contributed by atoms with Crippen molar-refractivity contribution in [3.63, 3.8) is 0 Å². The SMILES string of the molecule is CCC1CCC2(C)C(=CCC3C4CCC5(OC6CC(C)CCCC6[C@H]5C)C(C)=C4CC32)C1. The minimum Gasteiger partial charge on any atom is -0.367 e. The van der Waals surface area contributed by atoms with Gasteiger partial charge in [-0.3, -0.25) is 0 Å². The smallest absolute Gasteiger partial charge is 0.0924 e. The molecule has 1 saturated heterocycles. The normalized spacial score (nSPS) is 52.7. The summed E-state index contributed by atoms with van der Waals surface area (Å²) < 4.78 is 7.22. The molecule has 0 aromatic heterocycles. The van der Waals surface area contributed by atoms with E-state index in [1.165, 1.54) is 77.0 Å². The number of allylic oxidation sites excluding steroid dienone is 3. The Balaban J connectivity index is 1.31. The molecule has 0 N–H and O–H groups in total. The molecule has 1 spiro atoms. The standard InChI is InChI=1S/C31H48O/c1-6-22-12-14-30(5)23(17-22)10-11-26-25-13-15-31(21(4)27(25)18-28(26)30)20(3)24-9-7-8-19(2)16-29(24)32-31/h10,19-20,22,24-26,28-29H,6-9,11-18H2,1-5H3/t19?,20-,22?,24?,25?,26?,28?,29?,30?,31?/m1/s1. The molecule has 4 fully saturated rings. The first-order valence-corrected chi connectivity index (χ1v) is 14.4. The molecule has 0 bridgehead atoms. The Morgan fingerprint density at radius 2 is 1.88 bits per heavy atom. The van der Waals surface area contributed by atoms with Crippen LogP contribution in [0.4, 0.5) is 0 Å². The molecule has 0 amide bonds. The molecule has 1 heteroatoms. The second-order valence-corrected chi connectivity index (χ2v) is 13.4. The predicted molar refractivity (Wildman–Crippen MR) is 133 cm³/mol. The van der Waals surface area contributed by atoms with Crippen molar-refractivity contribution in [2.45, 2.75) is 123 Å². The van der Waals surface area contributed by atoms with E-state index in [1.54, 1.807) is 5.57 Å². The van der Waals surface area contributed by atoms with Gasteiger partial charge in [-0.15, -0.1) is 0 Å². The van der Waals surface area contributed by atoms with E-state index in [4.69, 9.17) is 4.74 Å². The molecule has 1 heterocycles. The summed E-state index contributed by atoms with van der Waals surface area (Å²) in [5.41, 5.74) is 5.99. The van der Waals surface area contributed by atoms with Crippen LogP contribution in [-0.2, 0) is 4.74 Å². The molecule has 178 valence electrons. The monoisotopic (exact) mass is 436 g/mol. The first-order chi connectivity index (χ1) is 15.4. The molecule has 0 aromatic carbocycles. The van der Waals surface area contributed by atoms with Crippen LogP contribution in [0.25, 0.3) is 0 Å². The Morgan fingerprint density at radius 3 is 2.69 bits per heavy atom.